The Morgan fingerprint density at radius 1 is 1.37 bits per heavy atom. The minimum Gasteiger partial charge on any atom is -0.488 e. The van der Waals surface area contributed by atoms with E-state index in [0.29, 0.717) is 11.4 Å². The van der Waals surface area contributed by atoms with Gasteiger partial charge in [-0.3, -0.25) is 0 Å². The first-order valence-corrected chi connectivity index (χ1v) is 6.89. The van der Waals surface area contributed by atoms with Gasteiger partial charge in [0.25, 0.3) is 0 Å². The predicted molar refractivity (Wildman–Crippen MR) is 74.5 cm³/mol. The van der Waals surface area contributed by atoms with E-state index in [1.807, 2.05) is 0 Å². The van der Waals surface area contributed by atoms with Crippen molar-refractivity contribution in [2.45, 2.75) is 45.1 Å². The van der Waals surface area contributed by atoms with E-state index in [1.165, 1.54) is 31.4 Å². The fourth-order valence-corrected chi connectivity index (χ4v) is 2.61. The van der Waals surface area contributed by atoms with Crippen molar-refractivity contribution in [2.24, 2.45) is 5.92 Å². The second kappa shape index (κ2) is 5.95. The first-order chi connectivity index (χ1) is 9.10. The van der Waals surface area contributed by atoms with E-state index in [1.54, 1.807) is 6.07 Å². The minimum absolute atomic E-state index is 0.161. The third-order valence-corrected chi connectivity index (χ3v) is 3.93. The zero-order valence-corrected chi connectivity index (χ0v) is 11.3. The van der Waals surface area contributed by atoms with E-state index < -0.39 is 5.97 Å². The molecule has 0 unspecified atom stereocenters. The van der Waals surface area contributed by atoms with Crippen LogP contribution in [0.25, 0.3) is 0 Å². The molecule has 1 fully saturated rings. The molecule has 0 radical (unpaired) electrons. The highest BCUT2D eigenvalue weighted by molar-refractivity contribution is 5.89. The fourth-order valence-electron chi connectivity index (χ4n) is 2.61. The van der Waals surface area contributed by atoms with Crippen LogP contribution in [0.5, 0.6) is 5.75 Å². The highest BCUT2D eigenvalue weighted by Gasteiger charge is 2.22. The molecule has 1 aliphatic rings. The summed E-state index contributed by atoms with van der Waals surface area (Å²) in [6.45, 7) is 2.22. The molecule has 0 aliphatic heterocycles. The van der Waals surface area contributed by atoms with Gasteiger partial charge in [-0.2, -0.15) is 0 Å². The summed E-state index contributed by atoms with van der Waals surface area (Å²) in [7, 11) is 0. The van der Waals surface area contributed by atoms with E-state index in [0.717, 1.165) is 18.8 Å². The minimum atomic E-state index is -0.959. The topological polar surface area (TPSA) is 72.5 Å². The van der Waals surface area contributed by atoms with Crippen molar-refractivity contribution >= 4 is 11.7 Å². The molecule has 3 N–H and O–H groups in total. The Balaban J connectivity index is 2.03. The number of anilines is 1. The first-order valence-electron chi connectivity index (χ1n) is 6.89. The fraction of sp³-hybridized carbons (Fsp3) is 0.533. The molecule has 2 rings (SSSR count). The third-order valence-electron chi connectivity index (χ3n) is 3.93. The predicted octanol–water partition coefficient (Wildman–Crippen LogP) is 3.31. The molecular weight excluding hydrogens is 242 g/mol. The molecule has 0 heterocycles. The number of carboxylic acids is 1. The van der Waals surface area contributed by atoms with Gasteiger partial charge in [0.15, 0.2) is 0 Å². The highest BCUT2D eigenvalue weighted by Crippen LogP contribution is 2.31. The summed E-state index contributed by atoms with van der Waals surface area (Å²) in [5.74, 6) is 0.349. The molecular formula is C15H21NO3. The van der Waals surface area contributed by atoms with Crippen molar-refractivity contribution in [2.75, 3.05) is 5.73 Å². The SMILES string of the molecule is CCC1CCC(Oc2cc(C(=O)O)ccc2N)CC1. The van der Waals surface area contributed by atoms with Crippen molar-refractivity contribution < 1.29 is 14.6 Å². The number of aromatic carboxylic acids is 1. The lowest BCUT2D eigenvalue weighted by atomic mass is 9.86. The van der Waals surface area contributed by atoms with Crippen molar-refractivity contribution in [1.82, 2.24) is 0 Å². The molecule has 0 amide bonds. The maximum Gasteiger partial charge on any atom is 0.335 e. The van der Waals surface area contributed by atoms with Gasteiger partial charge >= 0.3 is 5.97 Å². The molecule has 4 heteroatoms. The van der Waals surface area contributed by atoms with Crippen LogP contribution in [-0.2, 0) is 0 Å². The Morgan fingerprint density at radius 3 is 2.63 bits per heavy atom. The number of nitrogens with two attached hydrogens (primary N) is 1. The van der Waals surface area contributed by atoms with Crippen LogP contribution >= 0.6 is 0 Å². The van der Waals surface area contributed by atoms with Crippen LogP contribution in [0.3, 0.4) is 0 Å². The zero-order valence-electron chi connectivity index (χ0n) is 11.3. The highest BCUT2D eigenvalue weighted by atomic mass is 16.5. The Kier molecular flexibility index (Phi) is 4.30. The number of hydrogen-bond donors (Lipinski definition) is 2. The first kappa shape index (κ1) is 13.7. The third kappa shape index (κ3) is 3.40. The molecule has 0 saturated heterocycles. The number of carboxylic acid groups (broad SMARTS) is 1. The van der Waals surface area contributed by atoms with Crippen molar-refractivity contribution in [3.8, 4) is 5.75 Å². The maximum absolute atomic E-state index is 10.9. The lowest BCUT2D eigenvalue weighted by Crippen LogP contribution is -2.24. The summed E-state index contributed by atoms with van der Waals surface area (Å²) in [5.41, 5.74) is 6.56. The van der Waals surface area contributed by atoms with Crippen LogP contribution in [0.4, 0.5) is 5.69 Å². The van der Waals surface area contributed by atoms with Crippen LogP contribution < -0.4 is 10.5 Å². The summed E-state index contributed by atoms with van der Waals surface area (Å²) >= 11 is 0. The van der Waals surface area contributed by atoms with Gasteiger partial charge in [0, 0.05) is 0 Å². The summed E-state index contributed by atoms with van der Waals surface area (Å²) in [6, 6.07) is 4.61. The molecule has 1 aromatic carbocycles. The van der Waals surface area contributed by atoms with Gasteiger partial charge in [-0.15, -0.1) is 0 Å². The van der Waals surface area contributed by atoms with Crippen LogP contribution in [0.1, 0.15) is 49.4 Å². The average Bonchev–Trinajstić information content (AvgIpc) is 2.42. The van der Waals surface area contributed by atoms with Gasteiger partial charge in [-0.25, -0.2) is 4.79 Å². The number of rotatable bonds is 4. The molecule has 0 spiro atoms. The quantitative estimate of drug-likeness (QED) is 0.817. The average molecular weight is 263 g/mol. The summed E-state index contributed by atoms with van der Waals surface area (Å²) in [6.07, 6.45) is 5.79. The Labute approximate surface area is 113 Å². The largest absolute Gasteiger partial charge is 0.488 e. The Bertz CT molecular complexity index is 451. The van der Waals surface area contributed by atoms with Crippen molar-refractivity contribution in [3.63, 3.8) is 0 Å². The van der Waals surface area contributed by atoms with E-state index in [-0.39, 0.29) is 11.7 Å². The number of benzene rings is 1. The molecule has 0 aromatic heterocycles. The second-order valence-electron chi connectivity index (χ2n) is 5.23. The molecule has 4 nitrogen and oxygen atoms in total. The number of carbonyl (C=O) groups is 1. The second-order valence-corrected chi connectivity index (χ2v) is 5.23. The normalized spacial score (nSPS) is 23.0. The van der Waals surface area contributed by atoms with Gasteiger partial charge < -0.3 is 15.6 Å². The van der Waals surface area contributed by atoms with Gasteiger partial charge in [-0.1, -0.05) is 13.3 Å². The molecule has 0 atom stereocenters. The van der Waals surface area contributed by atoms with Crippen LogP contribution in [-0.4, -0.2) is 17.2 Å². The zero-order chi connectivity index (χ0) is 13.8. The number of ether oxygens (including phenoxy) is 1. The van der Waals surface area contributed by atoms with Gasteiger partial charge in [0.2, 0.25) is 0 Å². The maximum atomic E-state index is 10.9. The number of hydrogen-bond acceptors (Lipinski definition) is 3. The van der Waals surface area contributed by atoms with E-state index >= 15 is 0 Å². The van der Waals surface area contributed by atoms with Gasteiger partial charge in [-0.05, 0) is 49.8 Å². The summed E-state index contributed by atoms with van der Waals surface area (Å²) < 4.78 is 5.88. The standard InChI is InChI=1S/C15H21NO3/c1-2-10-3-6-12(7-4-10)19-14-9-11(15(17)18)5-8-13(14)16/h5,8-10,12H,2-4,6-7,16H2,1H3,(H,17,18). The van der Waals surface area contributed by atoms with Crippen LogP contribution in [0, 0.1) is 5.92 Å². The molecule has 1 aliphatic carbocycles. The molecule has 1 saturated carbocycles. The lowest BCUT2D eigenvalue weighted by Gasteiger charge is -2.28. The Hall–Kier alpha value is -1.71. The van der Waals surface area contributed by atoms with Gasteiger partial charge in [0.05, 0.1) is 17.4 Å². The van der Waals surface area contributed by atoms with Crippen molar-refractivity contribution in [1.29, 1.82) is 0 Å². The summed E-state index contributed by atoms with van der Waals surface area (Å²) in [5, 5.41) is 8.98. The van der Waals surface area contributed by atoms with Crippen LogP contribution in [0.2, 0.25) is 0 Å². The smallest absolute Gasteiger partial charge is 0.335 e. The monoisotopic (exact) mass is 263 g/mol. The summed E-state index contributed by atoms with van der Waals surface area (Å²) in [4.78, 5) is 10.9. The van der Waals surface area contributed by atoms with E-state index in [2.05, 4.69) is 6.92 Å². The van der Waals surface area contributed by atoms with E-state index in [9.17, 15) is 4.79 Å². The van der Waals surface area contributed by atoms with E-state index in [4.69, 9.17) is 15.6 Å². The molecule has 1 aromatic rings. The molecule has 0 bridgehead atoms. The molecule has 104 valence electrons. The molecule has 19 heavy (non-hydrogen) atoms. The lowest BCUT2D eigenvalue weighted by molar-refractivity contribution is 0.0695. The number of nitrogen functional groups attached to an aromatic ring is 1. The van der Waals surface area contributed by atoms with Gasteiger partial charge in [0.1, 0.15) is 5.75 Å². The van der Waals surface area contributed by atoms with Crippen LogP contribution in [0.15, 0.2) is 18.2 Å². The van der Waals surface area contributed by atoms with Crippen molar-refractivity contribution in [3.05, 3.63) is 23.8 Å². The Morgan fingerprint density at radius 2 is 2.05 bits per heavy atom.